The van der Waals surface area contributed by atoms with Crippen LogP contribution in [0.3, 0.4) is 0 Å². The van der Waals surface area contributed by atoms with Crippen molar-refractivity contribution in [3.05, 3.63) is 46.2 Å². The van der Waals surface area contributed by atoms with Gasteiger partial charge in [0.25, 0.3) is 5.91 Å². The molecule has 6 heteroatoms. The third-order valence-electron chi connectivity index (χ3n) is 5.05. The van der Waals surface area contributed by atoms with Gasteiger partial charge >= 0.3 is 0 Å². The Morgan fingerprint density at radius 1 is 1.22 bits per heavy atom. The van der Waals surface area contributed by atoms with E-state index >= 15 is 0 Å². The Morgan fingerprint density at radius 2 is 1.93 bits per heavy atom. The van der Waals surface area contributed by atoms with Crippen molar-refractivity contribution in [2.45, 2.75) is 33.6 Å². The Hall–Kier alpha value is -1.85. The zero-order valence-electron chi connectivity index (χ0n) is 16.7. The highest BCUT2D eigenvalue weighted by atomic mass is 35.5. The average molecular weight is 389 g/mol. The third kappa shape index (κ3) is 4.36. The molecule has 27 heavy (non-hydrogen) atoms. The number of halogens is 1. The second-order valence-corrected chi connectivity index (χ2v) is 8.14. The molecule has 2 aromatic rings. The van der Waals surface area contributed by atoms with E-state index in [-0.39, 0.29) is 5.91 Å². The molecule has 0 saturated carbocycles. The second-order valence-electron chi connectivity index (χ2n) is 7.71. The molecule has 2 heterocycles. The molecule has 1 amide bonds. The van der Waals surface area contributed by atoms with Gasteiger partial charge in [-0.3, -0.25) is 4.79 Å². The standard InChI is InChI=1S/C21H29ClN4O/c1-5-19-20(21(27)25-11-9-24(4)10-12-25)18(13-15(2)3)23-26(19)17-8-6-7-16(22)14-17/h6-8,14-15H,5,9-13H2,1-4H3. The van der Waals surface area contributed by atoms with Crippen LogP contribution in [0.5, 0.6) is 0 Å². The summed E-state index contributed by atoms with van der Waals surface area (Å²) in [5.74, 6) is 0.542. The van der Waals surface area contributed by atoms with E-state index in [0.717, 1.165) is 61.7 Å². The van der Waals surface area contributed by atoms with Gasteiger partial charge in [0.2, 0.25) is 0 Å². The first-order valence-corrected chi connectivity index (χ1v) is 10.1. The first-order valence-electron chi connectivity index (χ1n) is 9.75. The monoisotopic (exact) mass is 388 g/mol. The van der Waals surface area contributed by atoms with E-state index in [1.807, 2.05) is 33.8 Å². The minimum atomic E-state index is 0.115. The van der Waals surface area contributed by atoms with Crippen LogP contribution >= 0.6 is 11.6 Å². The molecule has 0 N–H and O–H groups in total. The molecule has 146 valence electrons. The second kappa shape index (κ2) is 8.44. The molecular weight excluding hydrogens is 360 g/mol. The van der Waals surface area contributed by atoms with Gasteiger partial charge in [0.05, 0.1) is 22.6 Å². The van der Waals surface area contributed by atoms with Crippen molar-refractivity contribution in [1.82, 2.24) is 19.6 Å². The number of hydrogen-bond donors (Lipinski definition) is 0. The number of benzene rings is 1. The molecule has 1 aliphatic rings. The van der Waals surface area contributed by atoms with Crippen molar-refractivity contribution in [2.24, 2.45) is 5.92 Å². The Balaban J connectivity index is 2.06. The molecule has 1 aromatic carbocycles. The fourth-order valence-electron chi connectivity index (χ4n) is 3.60. The number of aromatic nitrogens is 2. The molecule has 1 saturated heterocycles. The maximum atomic E-state index is 13.4. The molecule has 1 aliphatic heterocycles. The van der Waals surface area contributed by atoms with Crippen LogP contribution < -0.4 is 0 Å². The van der Waals surface area contributed by atoms with Crippen LogP contribution in [0.1, 0.15) is 42.5 Å². The highest BCUT2D eigenvalue weighted by Gasteiger charge is 2.29. The predicted octanol–water partition coefficient (Wildman–Crippen LogP) is 3.67. The van der Waals surface area contributed by atoms with Gasteiger partial charge in [0.15, 0.2) is 0 Å². The van der Waals surface area contributed by atoms with Gasteiger partial charge in [-0.25, -0.2) is 4.68 Å². The number of amides is 1. The van der Waals surface area contributed by atoms with Gasteiger partial charge in [-0.2, -0.15) is 5.10 Å². The smallest absolute Gasteiger partial charge is 0.257 e. The number of carbonyl (C=O) groups is 1. The largest absolute Gasteiger partial charge is 0.336 e. The van der Waals surface area contributed by atoms with Crippen LogP contribution in [0, 0.1) is 5.92 Å². The SMILES string of the molecule is CCc1c(C(=O)N2CCN(C)CC2)c(CC(C)C)nn1-c1cccc(Cl)c1. The average Bonchev–Trinajstić information content (AvgIpc) is 2.99. The minimum Gasteiger partial charge on any atom is -0.336 e. The Morgan fingerprint density at radius 3 is 2.52 bits per heavy atom. The van der Waals surface area contributed by atoms with E-state index in [1.165, 1.54) is 0 Å². The number of nitrogens with zero attached hydrogens (tertiary/aromatic N) is 4. The van der Waals surface area contributed by atoms with E-state index in [1.54, 1.807) is 0 Å². The van der Waals surface area contributed by atoms with E-state index in [2.05, 4.69) is 32.7 Å². The van der Waals surface area contributed by atoms with Gasteiger partial charge in [-0.1, -0.05) is 38.4 Å². The van der Waals surface area contributed by atoms with Crippen LogP contribution in [-0.2, 0) is 12.8 Å². The molecular formula is C21H29ClN4O. The molecule has 0 radical (unpaired) electrons. The highest BCUT2D eigenvalue weighted by Crippen LogP contribution is 2.25. The number of carbonyl (C=O) groups excluding carboxylic acids is 1. The summed E-state index contributed by atoms with van der Waals surface area (Å²) in [4.78, 5) is 17.7. The summed E-state index contributed by atoms with van der Waals surface area (Å²) in [6.07, 6.45) is 1.53. The summed E-state index contributed by atoms with van der Waals surface area (Å²) in [6, 6.07) is 7.66. The summed E-state index contributed by atoms with van der Waals surface area (Å²) < 4.78 is 1.91. The topological polar surface area (TPSA) is 41.4 Å². The maximum Gasteiger partial charge on any atom is 0.257 e. The van der Waals surface area contributed by atoms with Crippen LogP contribution in [-0.4, -0.2) is 58.7 Å². The summed E-state index contributed by atoms with van der Waals surface area (Å²) >= 11 is 6.20. The number of piperazine rings is 1. The number of likely N-dealkylation sites (N-methyl/N-ethyl adjacent to an activating group) is 1. The van der Waals surface area contributed by atoms with Crippen LogP contribution in [0.4, 0.5) is 0 Å². The summed E-state index contributed by atoms with van der Waals surface area (Å²) in [5, 5.41) is 5.53. The van der Waals surface area contributed by atoms with E-state index in [4.69, 9.17) is 16.7 Å². The number of rotatable bonds is 5. The van der Waals surface area contributed by atoms with Crippen LogP contribution in [0.2, 0.25) is 5.02 Å². The fourth-order valence-corrected chi connectivity index (χ4v) is 3.78. The van der Waals surface area contributed by atoms with Gasteiger partial charge < -0.3 is 9.80 Å². The van der Waals surface area contributed by atoms with Gasteiger partial charge in [-0.05, 0) is 44.0 Å². The van der Waals surface area contributed by atoms with E-state index in [0.29, 0.717) is 10.9 Å². The van der Waals surface area contributed by atoms with Crippen molar-refractivity contribution < 1.29 is 4.79 Å². The van der Waals surface area contributed by atoms with Crippen molar-refractivity contribution in [1.29, 1.82) is 0 Å². The molecule has 3 rings (SSSR count). The summed E-state index contributed by atoms with van der Waals surface area (Å²) in [6.45, 7) is 9.76. The van der Waals surface area contributed by atoms with Crippen molar-refractivity contribution in [3.63, 3.8) is 0 Å². The van der Waals surface area contributed by atoms with Crippen LogP contribution in [0.15, 0.2) is 24.3 Å². The van der Waals surface area contributed by atoms with Crippen LogP contribution in [0.25, 0.3) is 5.69 Å². The first kappa shape index (κ1) is 19.9. The third-order valence-corrected chi connectivity index (χ3v) is 5.28. The maximum absolute atomic E-state index is 13.4. The Bertz CT molecular complexity index is 807. The van der Waals surface area contributed by atoms with Gasteiger partial charge in [0.1, 0.15) is 0 Å². The lowest BCUT2D eigenvalue weighted by Crippen LogP contribution is -2.47. The lowest BCUT2D eigenvalue weighted by Gasteiger charge is -2.32. The van der Waals surface area contributed by atoms with Crippen molar-refractivity contribution in [2.75, 3.05) is 33.2 Å². The molecule has 1 fully saturated rings. The normalized spacial score (nSPS) is 15.6. The van der Waals surface area contributed by atoms with Gasteiger partial charge in [0, 0.05) is 31.2 Å². The first-order chi connectivity index (χ1) is 12.9. The lowest BCUT2D eigenvalue weighted by molar-refractivity contribution is 0.0661. The molecule has 0 spiro atoms. The molecule has 1 aromatic heterocycles. The zero-order chi connectivity index (χ0) is 19.6. The lowest BCUT2D eigenvalue weighted by atomic mass is 10.0. The van der Waals surface area contributed by atoms with Gasteiger partial charge in [-0.15, -0.1) is 0 Å². The summed E-state index contributed by atoms with van der Waals surface area (Å²) in [7, 11) is 2.10. The van der Waals surface area contributed by atoms with Crippen molar-refractivity contribution in [3.8, 4) is 5.69 Å². The van der Waals surface area contributed by atoms with E-state index < -0.39 is 0 Å². The fraction of sp³-hybridized carbons (Fsp3) is 0.524. The predicted molar refractivity (Wildman–Crippen MR) is 110 cm³/mol. The molecule has 0 aliphatic carbocycles. The molecule has 5 nitrogen and oxygen atoms in total. The Kier molecular flexibility index (Phi) is 6.22. The zero-order valence-corrected chi connectivity index (χ0v) is 17.5. The van der Waals surface area contributed by atoms with E-state index in [9.17, 15) is 4.79 Å². The molecule has 0 unspecified atom stereocenters. The highest BCUT2D eigenvalue weighted by molar-refractivity contribution is 6.30. The summed E-state index contributed by atoms with van der Waals surface area (Å²) in [5.41, 5.74) is 3.56. The minimum absolute atomic E-state index is 0.115. The molecule has 0 bridgehead atoms. The van der Waals surface area contributed by atoms with Crippen molar-refractivity contribution >= 4 is 17.5 Å². The quantitative estimate of drug-likeness (QED) is 0.784. The number of hydrogen-bond acceptors (Lipinski definition) is 3. The Labute approximate surface area is 166 Å². The molecule has 0 atom stereocenters.